The van der Waals surface area contributed by atoms with E-state index >= 15 is 0 Å². The lowest BCUT2D eigenvalue weighted by Crippen LogP contribution is -2.21. The second-order valence-electron chi connectivity index (χ2n) is 4.30. The molecule has 1 unspecified atom stereocenters. The fraction of sp³-hybridized carbons (Fsp3) is 0.462. The zero-order chi connectivity index (χ0) is 11.5. The molecule has 3 heteroatoms. The normalized spacial score (nSPS) is 16.6. The van der Waals surface area contributed by atoms with Crippen molar-refractivity contribution in [3.8, 4) is 6.07 Å². The number of hydrogen-bond acceptors (Lipinski definition) is 2. The third-order valence-corrected chi connectivity index (χ3v) is 3.07. The minimum atomic E-state index is -0.360. The van der Waals surface area contributed by atoms with Gasteiger partial charge in [0.05, 0.1) is 11.3 Å². The number of hydrogen-bond donors (Lipinski definition) is 1. The summed E-state index contributed by atoms with van der Waals surface area (Å²) in [5.41, 5.74) is 1.14. The van der Waals surface area contributed by atoms with Crippen LogP contribution < -0.4 is 5.32 Å². The standard InChI is InChI=1S/C13H15FN2/c1-2-12(9-3-4-9)16-13-6-5-11(14)7-10(13)8-15/h5-7,9,12,16H,2-4H2,1H3. The van der Waals surface area contributed by atoms with E-state index in [-0.39, 0.29) is 5.82 Å². The van der Waals surface area contributed by atoms with Crippen LogP contribution in [0.5, 0.6) is 0 Å². The summed E-state index contributed by atoms with van der Waals surface area (Å²) in [5.74, 6) is 0.364. The monoisotopic (exact) mass is 218 g/mol. The van der Waals surface area contributed by atoms with E-state index < -0.39 is 0 Å². The average Bonchev–Trinajstić information content (AvgIpc) is 3.11. The van der Waals surface area contributed by atoms with Gasteiger partial charge < -0.3 is 5.32 Å². The van der Waals surface area contributed by atoms with Gasteiger partial charge in [0.2, 0.25) is 0 Å². The van der Waals surface area contributed by atoms with Gasteiger partial charge in [-0.15, -0.1) is 0 Å². The highest BCUT2D eigenvalue weighted by Crippen LogP contribution is 2.36. The van der Waals surface area contributed by atoms with Gasteiger partial charge in [-0.3, -0.25) is 0 Å². The summed E-state index contributed by atoms with van der Waals surface area (Å²) in [6.07, 6.45) is 3.55. The van der Waals surface area contributed by atoms with Gasteiger partial charge in [0, 0.05) is 6.04 Å². The van der Waals surface area contributed by atoms with E-state index in [0.29, 0.717) is 11.6 Å². The molecule has 0 aliphatic heterocycles. The lowest BCUT2D eigenvalue weighted by molar-refractivity contribution is 0.613. The minimum absolute atomic E-state index is 0.360. The van der Waals surface area contributed by atoms with E-state index in [1.165, 1.54) is 25.0 Å². The number of rotatable bonds is 4. The van der Waals surface area contributed by atoms with Gasteiger partial charge in [0.25, 0.3) is 0 Å². The molecule has 0 heterocycles. The summed E-state index contributed by atoms with van der Waals surface area (Å²) in [5, 5.41) is 12.3. The van der Waals surface area contributed by atoms with Crippen LogP contribution in [0.15, 0.2) is 18.2 Å². The van der Waals surface area contributed by atoms with Gasteiger partial charge in [-0.1, -0.05) is 6.92 Å². The molecule has 0 amide bonds. The Kier molecular flexibility index (Phi) is 3.09. The van der Waals surface area contributed by atoms with Gasteiger partial charge in [-0.2, -0.15) is 5.26 Å². The van der Waals surface area contributed by atoms with Crippen LogP contribution >= 0.6 is 0 Å². The molecule has 16 heavy (non-hydrogen) atoms. The van der Waals surface area contributed by atoms with E-state index in [0.717, 1.165) is 18.0 Å². The molecule has 0 aromatic heterocycles. The first-order chi connectivity index (χ1) is 7.74. The van der Waals surface area contributed by atoms with E-state index in [1.54, 1.807) is 6.07 Å². The average molecular weight is 218 g/mol. The first-order valence-corrected chi connectivity index (χ1v) is 5.70. The number of halogens is 1. The molecular weight excluding hydrogens is 203 g/mol. The Bertz CT molecular complexity index is 418. The molecule has 1 fully saturated rings. The first-order valence-electron chi connectivity index (χ1n) is 5.70. The van der Waals surface area contributed by atoms with Crippen molar-refractivity contribution in [3.63, 3.8) is 0 Å². The fourth-order valence-electron chi connectivity index (χ4n) is 1.99. The molecule has 2 nitrogen and oxygen atoms in total. The molecule has 1 N–H and O–H groups in total. The SMILES string of the molecule is CCC(Nc1ccc(F)cc1C#N)C1CC1. The van der Waals surface area contributed by atoms with Crippen LogP contribution in [0.3, 0.4) is 0 Å². The topological polar surface area (TPSA) is 35.8 Å². The van der Waals surface area contributed by atoms with Crippen LogP contribution in [0.4, 0.5) is 10.1 Å². The summed E-state index contributed by atoms with van der Waals surface area (Å²) >= 11 is 0. The first kappa shape index (κ1) is 10.9. The molecule has 0 radical (unpaired) electrons. The van der Waals surface area contributed by atoms with Crippen molar-refractivity contribution in [3.05, 3.63) is 29.6 Å². The summed E-state index contributed by atoms with van der Waals surface area (Å²) < 4.78 is 12.9. The largest absolute Gasteiger partial charge is 0.381 e. The lowest BCUT2D eigenvalue weighted by Gasteiger charge is -2.18. The summed E-state index contributed by atoms with van der Waals surface area (Å²) in [6.45, 7) is 2.13. The maximum absolute atomic E-state index is 12.9. The highest BCUT2D eigenvalue weighted by atomic mass is 19.1. The van der Waals surface area contributed by atoms with E-state index in [9.17, 15) is 4.39 Å². The predicted molar refractivity (Wildman–Crippen MR) is 61.5 cm³/mol. The highest BCUT2D eigenvalue weighted by Gasteiger charge is 2.30. The van der Waals surface area contributed by atoms with Crippen molar-refractivity contribution in [2.45, 2.75) is 32.2 Å². The van der Waals surface area contributed by atoms with E-state index in [2.05, 4.69) is 12.2 Å². The van der Waals surface area contributed by atoms with Gasteiger partial charge in [0.1, 0.15) is 11.9 Å². The van der Waals surface area contributed by atoms with Crippen LogP contribution in [0.2, 0.25) is 0 Å². The molecule has 84 valence electrons. The number of nitrogens with one attached hydrogen (secondary N) is 1. The second-order valence-corrected chi connectivity index (χ2v) is 4.30. The van der Waals surface area contributed by atoms with Crippen LogP contribution in [0.1, 0.15) is 31.7 Å². The van der Waals surface area contributed by atoms with Crippen LogP contribution in [-0.4, -0.2) is 6.04 Å². The molecule has 1 aliphatic carbocycles. The van der Waals surface area contributed by atoms with E-state index in [4.69, 9.17) is 5.26 Å². The third kappa shape index (κ3) is 2.33. The smallest absolute Gasteiger partial charge is 0.124 e. The molecule has 0 bridgehead atoms. The fourth-order valence-corrected chi connectivity index (χ4v) is 1.99. The van der Waals surface area contributed by atoms with Crippen molar-refractivity contribution in [1.82, 2.24) is 0 Å². The number of anilines is 1. The maximum Gasteiger partial charge on any atom is 0.124 e. The van der Waals surface area contributed by atoms with Gasteiger partial charge >= 0.3 is 0 Å². The molecule has 2 rings (SSSR count). The second kappa shape index (κ2) is 4.52. The zero-order valence-electron chi connectivity index (χ0n) is 9.33. The van der Waals surface area contributed by atoms with Crippen molar-refractivity contribution < 1.29 is 4.39 Å². The molecule has 1 saturated carbocycles. The molecular formula is C13H15FN2. The maximum atomic E-state index is 12.9. The Balaban J connectivity index is 2.16. The predicted octanol–water partition coefficient (Wildman–Crippen LogP) is 3.30. The Morgan fingerprint density at radius 2 is 2.31 bits per heavy atom. The Morgan fingerprint density at radius 3 is 2.88 bits per heavy atom. The third-order valence-electron chi connectivity index (χ3n) is 3.07. The Morgan fingerprint density at radius 1 is 1.56 bits per heavy atom. The lowest BCUT2D eigenvalue weighted by atomic mass is 10.1. The van der Waals surface area contributed by atoms with Crippen LogP contribution in [0.25, 0.3) is 0 Å². The molecule has 0 spiro atoms. The van der Waals surface area contributed by atoms with Crippen molar-refractivity contribution in [1.29, 1.82) is 5.26 Å². The Labute approximate surface area is 95.1 Å². The summed E-state index contributed by atoms with van der Waals surface area (Å²) in [6, 6.07) is 6.76. The zero-order valence-corrected chi connectivity index (χ0v) is 9.33. The quantitative estimate of drug-likeness (QED) is 0.841. The Hall–Kier alpha value is -1.56. The summed E-state index contributed by atoms with van der Waals surface area (Å²) in [4.78, 5) is 0. The number of nitriles is 1. The van der Waals surface area contributed by atoms with Crippen molar-refractivity contribution >= 4 is 5.69 Å². The number of nitrogens with zero attached hydrogens (tertiary/aromatic N) is 1. The van der Waals surface area contributed by atoms with Crippen molar-refractivity contribution in [2.24, 2.45) is 5.92 Å². The van der Waals surface area contributed by atoms with Gasteiger partial charge in [-0.25, -0.2) is 4.39 Å². The molecule has 1 atom stereocenters. The number of benzene rings is 1. The minimum Gasteiger partial charge on any atom is -0.381 e. The molecule has 1 aliphatic rings. The molecule has 0 saturated heterocycles. The summed E-state index contributed by atoms with van der Waals surface area (Å²) in [7, 11) is 0. The molecule has 1 aromatic rings. The molecule has 1 aromatic carbocycles. The highest BCUT2D eigenvalue weighted by molar-refractivity contribution is 5.58. The van der Waals surface area contributed by atoms with E-state index in [1.807, 2.05) is 6.07 Å². The van der Waals surface area contributed by atoms with Crippen molar-refractivity contribution in [2.75, 3.05) is 5.32 Å². The van der Waals surface area contributed by atoms with Crippen LogP contribution in [-0.2, 0) is 0 Å². The van der Waals surface area contributed by atoms with Crippen LogP contribution in [0, 0.1) is 23.1 Å². The van der Waals surface area contributed by atoms with Gasteiger partial charge in [-0.05, 0) is 43.4 Å². The van der Waals surface area contributed by atoms with Gasteiger partial charge in [0.15, 0.2) is 0 Å².